The van der Waals surface area contributed by atoms with Gasteiger partial charge in [0.1, 0.15) is 0 Å². The Morgan fingerprint density at radius 3 is 3.00 bits per heavy atom. The van der Waals surface area contributed by atoms with Crippen LogP contribution in [0.3, 0.4) is 0 Å². The SMILES string of the molecule is CCNCc1cn(CCn2nc3ccccn3c2=O)nn1. The minimum Gasteiger partial charge on any atom is -0.311 e. The molecule has 0 unspecified atom stereocenters. The van der Waals surface area contributed by atoms with Gasteiger partial charge in [0.2, 0.25) is 0 Å². The number of nitrogens with zero attached hydrogens (tertiary/aromatic N) is 6. The Morgan fingerprint density at radius 1 is 1.29 bits per heavy atom. The van der Waals surface area contributed by atoms with Crippen molar-refractivity contribution in [1.29, 1.82) is 0 Å². The zero-order chi connectivity index (χ0) is 14.7. The lowest BCUT2D eigenvalue weighted by Gasteiger charge is -1.99. The van der Waals surface area contributed by atoms with Gasteiger partial charge in [-0.05, 0) is 18.7 Å². The number of hydrogen-bond donors (Lipinski definition) is 1. The van der Waals surface area contributed by atoms with Crippen molar-refractivity contribution in [3.05, 3.63) is 46.8 Å². The summed E-state index contributed by atoms with van der Waals surface area (Å²) in [5.41, 5.74) is 1.40. The van der Waals surface area contributed by atoms with Gasteiger partial charge in [-0.25, -0.2) is 9.48 Å². The largest absolute Gasteiger partial charge is 0.350 e. The summed E-state index contributed by atoms with van der Waals surface area (Å²) >= 11 is 0. The average molecular weight is 287 g/mol. The second-order valence-electron chi connectivity index (χ2n) is 4.69. The molecule has 1 N–H and O–H groups in total. The van der Waals surface area contributed by atoms with Gasteiger partial charge < -0.3 is 5.32 Å². The number of aromatic nitrogens is 6. The van der Waals surface area contributed by atoms with E-state index >= 15 is 0 Å². The molecular weight excluding hydrogens is 270 g/mol. The van der Waals surface area contributed by atoms with E-state index in [1.165, 1.54) is 9.08 Å². The van der Waals surface area contributed by atoms with Gasteiger partial charge in [-0.15, -0.1) is 10.2 Å². The van der Waals surface area contributed by atoms with Gasteiger partial charge in [-0.3, -0.25) is 9.08 Å². The van der Waals surface area contributed by atoms with Crippen molar-refractivity contribution in [2.45, 2.75) is 26.6 Å². The van der Waals surface area contributed by atoms with Crippen molar-refractivity contribution in [2.24, 2.45) is 0 Å². The molecule has 0 fully saturated rings. The van der Waals surface area contributed by atoms with E-state index in [9.17, 15) is 4.79 Å². The number of hydrogen-bond acceptors (Lipinski definition) is 5. The molecule has 21 heavy (non-hydrogen) atoms. The zero-order valence-corrected chi connectivity index (χ0v) is 11.8. The molecule has 0 aliphatic carbocycles. The van der Waals surface area contributed by atoms with Crippen LogP contribution in [0.4, 0.5) is 0 Å². The van der Waals surface area contributed by atoms with Crippen LogP contribution in [0.25, 0.3) is 5.65 Å². The fourth-order valence-corrected chi connectivity index (χ4v) is 2.09. The van der Waals surface area contributed by atoms with E-state index in [1.807, 2.05) is 31.3 Å². The number of pyridine rings is 1. The Balaban J connectivity index is 1.70. The molecule has 0 saturated heterocycles. The van der Waals surface area contributed by atoms with E-state index in [0.29, 0.717) is 25.3 Å². The van der Waals surface area contributed by atoms with Crippen LogP contribution >= 0.6 is 0 Å². The van der Waals surface area contributed by atoms with Crippen molar-refractivity contribution in [1.82, 2.24) is 34.5 Å². The molecule has 0 amide bonds. The summed E-state index contributed by atoms with van der Waals surface area (Å²) in [4.78, 5) is 12.1. The van der Waals surface area contributed by atoms with Crippen LogP contribution in [0.5, 0.6) is 0 Å². The van der Waals surface area contributed by atoms with Crippen molar-refractivity contribution in [2.75, 3.05) is 6.54 Å². The first kappa shape index (κ1) is 13.5. The highest BCUT2D eigenvalue weighted by atomic mass is 16.2. The molecule has 0 radical (unpaired) electrons. The third-order valence-corrected chi connectivity index (χ3v) is 3.17. The molecule has 110 valence electrons. The van der Waals surface area contributed by atoms with E-state index in [1.54, 1.807) is 10.9 Å². The van der Waals surface area contributed by atoms with Crippen LogP contribution < -0.4 is 11.0 Å². The molecule has 0 spiro atoms. The van der Waals surface area contributed by atoms with Crippen LogP contribution in [0.1, 0.15) is 12.6 Å². The van der Waals surface area contributed by atoms with Gasteiger partial charge in [-0.1, -0.05) is 18.2 Å². The summed E-state index contributed by atoms with van der Waals surface area (Å²) in [6, 6.07) is 5.48. The van der Waals surface area contributed by atoms with E-state index < -0.39 is 0 Å². The Labute approximate surface area is 121 Å². The van der Waals surface area contributed by atoms with Crippen LogP contribution in [0.15, 0.2) is 35.4 Å². The van der Waals surface area contributed by atoms with Gasteiger partial charge in [0.05, 0.1) is 18.8 Å². The maximum Gasteiger partial charge on any atom is 0.350 e. The summed E-state index contributed by atoms with van der Waals surface area (Å²) < 4.78 is 4.70. The third-order valence-electron chi connectivity index (χ3n) is 3.17. The van der Waals surface area contributed by atoms with Crippen molar-refractivity contribution in [3.8, 4) is 0 Å². The van der Waals surface area contributed by atoms with Crippen LogP contribution in [0, 0.1) is 0 Å². The van der Waals surface area contributed by atoms with Crippen LogP contribution in [0.2, 0.25) is 0 Å². The Hall–Kier alpha value is -2.48. The first-order valence-corrected chi connectivity index (χ1v) is 6.92. The highest BCUT2D eigenvalue weighted by molar-refractivity contribution is 5.35. The minimum absolute atomic E-state index is 0.140. The molecule has 3 aromatic heterocycles. The second kappa shape index (κ2) is 5.88. The summed E-state index contributed by atoms with van der Waals surface area (Å²) in [6.45, 7) is 4.65. The summed E-state index contributed by atoms with van der Waals surface area (Å²) in [5, 5.41) is 15.6. The van der Waals surface area contributed by atoms with Gasteiger partial charge in [0.15, 0.2) is 5.65 Å². The molecule has 0 aliphatic rings. The smallest absolute Gasteiger partial charge is 0.311 e. The molecule has 8 heteroatoms. The number of nitrogens with one attached hydrogen (secondary N) is 1. The Morgan fingerprint density at radius 2 is 2.19 bits per heavy atom. The van der Waals surface area contributed by atoms with E-state index in [0.717, 1.165) is 12.2 Å². The quantitative estimate of drug-likeness (QED) is 0.684. The molecule has 8 nitrogen and oxygen atoms in total. The van der Waals surface area contributed by atoms with E-state index in [4.69, 9.17) is 0 Å². The van der Waals surface area contributed by atoms with Crippen molar-refractivity contribution >= 4 is 5.65 Å². The maximum atomic E-state index is 12.1. The van der Waals surface area contributed by atoms with Crippen molar-refractivity contribution < 1.29 is 0 Å². The molecule has 0 aliphatic heterocycles. The Bertz CT molecular complexity index is 785. The molecule has 0 bridgehead atoms. The lowest BCUT2D eigenvalue weighted by atomic mass is 10.4. The fourth-order valence-electron chi connectivity index (χ4n) is 2.09. The van der Waals surface area contributed by atoms with Gasteiger partial charge in [-0.2, -0.15) is 0 Å². The molecule has 3 rings (SSSR count). The molecule has 0 atom stereocenters. The van der Waals surface area contributed by atoms with Crippen molar-refractivity contribution in [3.63, 3.8) is 0 Å². The lowest BCUT2D eigenvalue weighted by Crippen LogP contribution is -2.23. The Kier molecular flexibility index (Phi) is 3.78. The molecule has 0 saturated carbocycles. The highest BCUT2D eigenvalue weighted by Gasteiger charge is 2.06. The van der Waals surface area contributed by atoms with E-state index in [-0.39, 0.29) is 5.69 Å². The zero-order valence-electron chi connectivity index (χ0n) is 11.8. The highest BCUT2D eigenvalue weighted by Crippen LogP contribution is 1.97. The normalized spacial score (nSPS) is 11.3. The summed E-state index contributed by atoms with van der Waals surface area (Å²) in [7, 11) is 0. The minimum atomic E-state index is -0.140. The monoisotopic (exact) mass is 287 g/mol. The number of rotatable bonds is 6. The molecule has 3 heterocycles. The first-order valence-electron chi connectivity index (χ1n) is 6.92. The maximum absolute atomic E-state index is 12.1. The van der Waals surface area contributed by atoms with Crippen LogP contribution in [-0.2, 0) is 19.6 Å². The average Bonchev–Trinajstić information content (AvgIpc) is 3.08. The molecular formula is C13H17N7O. The third kappa shape index (κ3) is 2.84. The van der Waals surface area contributed by atoms with Gasteiger partial charge in [0.25, 0.3) is 0 Å². The summed E-state index contributed by atoms with van der Waals surface area (Å²) in [5.74, 6) is 0. The number of fused-ring (bicyclic) bond motifs is 1. The predicted octanol–water partition coefficient (Wildman–Crippen LogP) is -0.103. The number of aryl methyl sites for hydroxylation is 2. The standard InChI is InChI=1S/C13H17N7O/c1-2-14-9-11-10-18(17-15-11)7-8-20-13(21)19-6-4-3-5-12(19)16-20/h3-6,10,14H,2,7-9H2,1H3. The predicted molar refractivity (Wildman–Crippen MR) is 76.9 cm³/mol. The lowest BCUT2D eigenvalue weighted by molar-refractivity contribution is 0.480. The van der Waals surface area contributed by atoms with Crippen LogP contribution in [-0.4, -0.2) is 35.7 Å². The van der Waals surface area contributed by atoms with Gasteiger partial charge in [0, 0.05) is 18.9 Å². The van der Waals surface area contributed by atoms with E-state index in [2.05, 4.69) is 20.7 Å². The molecule has 0 aromatic carbocycles. The second-order valence-corrected chi connectivity index (χ2v) is 4.69. The topological polar surface area (TPSA) is 82.0 Å². The fraction of sp³-hybridized carbons (Fsp3) is 0.385. The summed E-state index contributed by atoms with van der Waals surface area (Å²) in [6.07, 6.45) is 3.59. The first-order chi connectivity index (χ1) is 10.3. The van der Waals surface area contributed by atoms with Gasteiger partial charge >= 0.3 is 5.69 Å². The molecule has 3 aromatic rings.